The fraction of sp³-hybridized carbons (Fsp3) is 0.273. The SMILES string of the molecule is Cc1csc(S(=O)(=O)N(CC(C)F)c2ccc(C(F)(F)F)cc2OCc2ccc(C(=O)O)cc2)n1. The van der Waals surface area contributed by atoms with Crippen LogP contribution in [0.3, 0.4) is 0 Å². The van der Waals surface area contributed by atoms with Gasteiger partial charge in [-0.25, -0.2) is 14.2 Å². The quantitative estimate of drug-likeness (QED) is 0.376. The van der Waals surface area contributed by atoms with E-state index in [9.17, 15) is 30.8 Å². The Bertz CT molecular complexity index is 1310. The Morgan fingerprint density at radius 1 is 1.20 bits per heavy atom. The number of ether oxygens (including phenoxy) is 1. The van der Waals surface area contributed by atoms with Crippen LogP contribution in [-0.2, 0) is 22.8 Å². The number of benzene rings is 2. The number of nitrogens with zero attached hydrogens (tertiary/aromatic N) is 2. The zero-order valence-corrected chi connectivity index (χ0v) is 20.0. The van der Waals surface area contributed by atoms with Crippen LogP contribution in [0.2, 0.25) is 0 Å². The van der Waals surface area contributed by atoms with Crippen molar-refractivity contribution < 1.29 is 40.6 Å². The number of aromatic nitrogens is 1. The molecule has 1 aromatic heterocycles. The number of carbonyl (C=O) groups is 1. The molecule has 13 heteroatoms. The van der Waals surface area contributed by atoms with Crippen LogP contribution in [0.25, 0.3) is 0 Å². The number of hydrogen-bond acceptors (Lipinski definition) is 6. The summed E-state index contributed by atoms with van der Waals surface area (Å²) in [6.07, 6.45) is -6.41. The number of hydrogen-bond donors (Lipinski definition) is 1. The van der Waals surface area contributed by atoms with Gasteiger partial charge in [-0.2, -0.15) is 21.6 Å². The van der Waals surface area contributed by atoms with Gasteiger partial charge in [0.25, 0.3) is 10.0 Å². The minimum Gasteiger partial charge on any atom is -0.487 e. The Morgan fingerprint density at radius 2 is 1.86 bits per heavy atom. The summed E-state index contributed by atoms with van der Waals surface area (Å²) in [5.41, 5.74) is -0.551. The number of halogens is 4. The van der Waals surface area contributed by atoms with Gasteiger partial charge in [0, 0.05) is 11.1 Å². The third-order valence-corrected chi connectivity index (χ3v) is 7.81. The highest BCUT2D eigenvalue weighted by molar-refractivity contribution is 7.94. The molecule has 3 rings (SSSR count). The van der Waals surface area contributed by atoms with Gasteiger partial charge in [-0.3, -0.25) is 4.31 Å². The molecule has 0 saturated carbocycles. The maximum absolute atomic E-state index is 14.1. The van der Waals surface area contributed by atoms with Crippen LogP contribution in [0.4, 0.5) is 23.2 Å². The minimum atomic E-state index is -4.75. The van der Waals surface area contributed by atoms with Crippen molar-refractivity contribution >= 4 is 33.0 Å². The molecule has 3 aromatic rings. The van der Waals surface area contributed by atoms with E-state index < -0.39 is 46.2 Å². The number of sulfonamides is 1. The number of anilines is 1. The Labute approximate surface area is 202 Å². The normalized spacial score (nSPS) is 12.9. The first-order valence-corrected chi connectivity index (χ1v) is 12.4. The summed E-state index contributed by atoms with van der Waals surface area (Å²) < 4.78 is 86.6. The second kappa shape index (κ2) is 10.2. The second-order valence-corrected chi connectivity index (χ2v) is 10.4. The van der Waals surface area contributed by atoms with E-state index in [1.165, 1.54) is 29.6 Å². The van der Waals surface area contributed by atoms with Crippen molar-refractivity contribution in [1.82, 2.24) is 4.98 Å². The van der Waals surface area contributed by atoms with Crippen molar-refractivity contribution in [3.63, 3.8) is 0 Å². The van der Waals surface area contributed by atoms with Gasteiger partial charge in [-0.05, 0) is 49.7 Å². The molecule has 1 unspecified atom stereocenters. The van der Waals surface area contributed by atoms with Gasteiger partial charge >= 0.3 is 12.1 Å². The highest BCUT2D eigenvalue weighted by Crippen LogP contribution is 2.39. The summed E-state index contributed by atoms with van der Waals surface area (Å²) in [4.78, 5) is 14.9. The van der Waals surface area contributed by atoms with Crippen molar-refractivity contribution in [3.8, 4) is 5.75 Å². The molecule has 0 aliphatic carbocycles. The van der Waals surface area contributed by atoms with E-state index in [0.717, 1.165) is 24.3 Å². The van der Waals surface area contributed by atoms with Crippen molar-refractivity contribution in [1.29, 1.82) is 0 Å². The average Bonchev–Trinajstić information content (AvgIpc) is 3.22. The first-order valence-electron chi connectivity index (χ1n) is 10.0. The van der Waals surface area contributed by atoms with E-state index in [4.69, 9.17) is 9.84 Å². The van der Waals surface area contributed by atoms with Crippen molar-refractivity contribution in [3.05, 3.63) is 70.2 Å². The van der Waals surface area contributed by atoms with Gasteiger partial charge < -0.3 is 9.84 Å². The van der Waals surface area contributed by atoms with Gasteiger partial charge in [-0.15, -0.1) is 11.3 Å². The minimum absolute atomic E-state index is 0.00134. The molecule has 2 aromatic carbocycles. The summed E-state index contributed by atoms with van der Waals surface area (Å²) >= 11 is 0.802. The Morgan fingerprint density at radius 3 is 2.37 bits per heavy atom. The predicted octanol–water partition coefficient (Wildman–Crippen LogP) is 5.30. The highest BCUT2D eigenvalue weighted by atomic mass is 32.2. The molecule has 0 saturated heterocycles. The zero-order chi connectivity index (χ0) is 26.0. The summed E-state index contributed by atoms with van der Waals surface area (Å²) in [6.45, 7) is 1.70. The molecule has 7 nitrogen and oxygen atoms in total. The van der Waals surface area contributed by atoms with Crippen LogP contribution >= 0.6 is 11.3 Å². The van der Waals surface area contributed by atoms with Crippen LogP contribution in [0.1, 0.15) is 34.1 Å². The highest BCUT2D eigenvalue weighted by Gasteiger charge is 2.35. The number of aromatic carboxylic acids is 1. The molecule has 35 heavy (non-hydrogen) atoms. The van der Waals surface area contributed by atoms with Crippen LogP contribution in [0, 0.1) is 6.92 Å². The molecule has 1 heterocycles. The first kappa shape index (κ1) is 26.4. The molecular weight excluding hydrogens is 512 g/mol. The number of alkyl halides is 4. The fourth-order valence-corrected chi connectivity index (χ4v) is 5.70. The molecule has 1 N–H and O–H groups in total. The van der Waals surface area contributed by atoms with Crippen molar-refractivity contribution in [2.24, 2.45) is 0 Å². The summed E-state index contributed by atoms with van der Waals surface area (Å²) in [5, 5.41) is 10.5. The van der Waals surface area contributed by atoms with Gasteiger partial charge in [0.2, 0.25) is 4.34 Å². The summed E-state index contributed by atoms with van der Waals surface area (Å²) in [6, 6.07) is 7.63. The van der Waals surface area contributed by atoms with E-state index in [1.54, 1.807) is 6.92 Å². The summed E-state index contributed by atoms with van der Waals surface area (Å²) in [7, 11) is -4.42. The maximum atomic E-state index is 14.1. The molecule has 0 aliphatic heterocycles. The molecule has 0 bridgehead atoms. The molecular formula is C22H20F4N2O5S2. The topological polar surface area (TPSA) is 96.8 Å². The lowest BCUT2D eigenvalue weighted by atomic mass is 10.1. The number of thiazole rings is 1. The number of carboxylic acids is 1. The molecule has 1 atom stereocenters. The predicted molar refractivity (Wildman–Crippen MR) is 121 cm³/mol. The molecule has 0 aliphatic rings. The number of rotatable bonds is 9. The van der Waals surface area contributed by atoms with Gasteiger partial charge in [0.05, 0.1) is 23.4 Å². The van der Waals surface area contributed by atoms with Gasteiger partial charge in [-0.1, -0.05) is 12.1 Å². The van der Waals surface area contributed by atoms with Crippen LogP contribution < -0.4 is 9.04 Å². The Balaban J connectivity index is 2.06. The average molecular weight is 533 g/mol. The van der Waals surface area contributed by atoms with Crippen molar-refractivity contribution in [2.45, 2.75) is 37.1 Å². The van der Waals surface area contributed by atoms with E-state index in [2.05, 4.69) is 4.98 Å². The van der Waals surface area contributed by atoms with Crippen molar-refractivity contribution in [2.75, 3.05) is 10.8 Å². The number of carboxylic acid groups (broad SMARTS) is 1. The lowest BCUT2D eigenvalue weighted by Gasteiger charge is -2.26. The Kier molecular flexibility index (Phi) is 7.70. The molecule has 0 radical (unpaired) electrons. The first-order chi connectivity index (χ1) is 16.3. The van der Waals surface area contributed by atoms with E-state index in [1.807, 2.05) is 0 Å². The fourth-order valence-electron chi connectivity index (χ4n) is 3.02. The van der Waals surface area contributed by atoms with E-state index in [0.29, 0.717) is 27.7 Å². The van der Waals surface area contributed by atoms with Crippen LogP contribution in [0.15, 0.2) is 52.2 Å². The molecule has 0 fully saturated rings. The molecule has 0 amide bonds. The number of aryl methyl sites for hydroxylation is 1. The zero-order valence-electron chi connectivity index (χ0n) is 18.4. The molecule has 188 valence electrons. The van der Waals surface area contributed by atoms with Crippen LogP contribution in [-0.4, -0.2) is 37.2 Å². The second-order valence-electron chi connectivity index (χ2n) is 7.54. The van der Waals surface area contributed by atoms with E-state index >= 15 is 0 Å². The maximum Gasteiger partial charge on any atom is 0.416 e. The monoisotopic (exact) mass is 532 g/mol. The largest absolute Gasteiger partial charge is 0.487 e. The van der Waals surface area contributed by atoms with Gasteiger partial charge in [0.1, 0.15) is 18.5 Å². The van der Waals surface area contributed by atoms with Gasteiger partial charge in [0.15, 0.2) is 0 Å². The van der Waals surface area contributed by atoms with Crippen LogP contribution in [0.5, 0.6) is 5.75 Å². The lowest BCUT2D eigenvalue weighted by molar-refractivity contribution is -0.137. The third kappa shape index (κ3) is 6.28. The summed E-state index contributed by atoms with van der Waals surface area (Å²) in [5.74, 6) is -1.60. The van der Waals surface area contributed by atoms with E-state index in [-0.39, 0.29) is 22.2 Å². The third-order valence-electron chi connectivity index (χ3n) is 4.68. The smallest absolute Gasteiger partial charge is 0.416 e. The molecule has 0 spiro atoms. The Hall–Kier alpha value is -3.19. The standard InChI is InChI=1S/C22H20F4N2O5S2/c1-13(23)10-28(35(31,32)21-27-14(2)12-34-21)18-8-7-17(22(24,25)26)9-19(18)33-11-15-3-5-16(6-4-15)20(29)30/h3-9,12-13H,10-11H2,1-2H3,(H,29,30). The lowest BCUT2D eigenvalue weighted by Crippen LogP contribution is -2.36.